The van der Waals surface area contributed by atoms with Crippen LogP contribution in [0.5, 0.6) is 5.75 Å². The predicted molar refractivity (Wildman–Crippen MR) is 122 cm³/mol. The number of hydrogen-bond acceptors (Lipinski definition) is 6. The number of pyridine rings is 1. The number of imidazole rings is 1. The van der Waals surface area contributed by atoms with E-state index in [0.29, 0.717) is 34.4 Å². The van der Waals surface area contributed by atoms with Gasteiger partial charge in [-0.1, -0.05) is 11.6 Å². The zero-order chi connectivity index (χ0) is 23.0. The minimum atomic E-state index is -0.335. The second-order valence-corrected chi connectivity index (χ2v) is 9.90. The standard InChI is InChI=1S/C23H23ClN6O3/c1-13(2)33-16-6-19-27-17(23-10-22(3,11-23)32-12-23)9-29(19)8-14(16)21(31)26-15-7-25-30-5-4-18(24)28-20(15)30/h4-9,13H,10-12H2,1-3H3,(H,26,31). The first-order valence-corrected chi connectivity index (χ1v) is 11.3. The molecule has 4 aromatic heterocycles. The summed E-state index contributed by atoms with van der Waals surface area (Å²) in [6.45, 7) is 6.67. The van der Waals surface area contributed by atoms with Crippen molar-refractivity contribution in [2.75, 3.05) is 11.9 Å². The van der Waals surface area contributed by atoms with Crippen LogP contribution in [0.4, 0.5) is 5.69 Å². The van der Waals surface area contributed by atoms with Gasteiger partial charge >= 0.3 is 0 Å². The molecule has 1 aliphatic carbocycles. The predicted octanol–water partition coefficient (Wildman–Crippen LogP) is 3.89. The average Bonchev–Trinajstić information content (AvgIpc) is 3.48. The number of anilines is 1. The van der Waals surface area contributed by atoms with Gasteiger partial charge in [0.1, 0.15) is 22.2 Å². The number of aromatic nitrogens is 5. The first-order chi connectivity index (χ1) is 15.7. The second-order valence-electron chi connectivity index (χ2n) is 9.51. The van der Waals surface area contributed by atoms with Crippen LogP contribution in [0.1, 0.15) is 49.7 Å². The van der Waals surface area contributed by atoms with Crippen LogP contribution in [0.15, 0.2) is 36.9 Å². The summed E-state index contributed by atoms with van der Waals surface area (Å²) in [6.07, 6.45) is 8.81. The number of fused-ring (bicyclic) bond motifs is 3. The minimum absolute atomic E-state index is 0.0297. The van der Waals surface area contributed by atoms with Gasteiger partial charge in [-0.3, -0.25) is 4.79 Å². The van der Waals surface area contributed by atoms with E-state index in [0.717, 1.165) is 24.2 Å². The zero-order valence-corrected chi connectivity index (χ0v) is 19.3. The fraction of sp³-hybridized carbons (Fsp3) is 0.391. The summed E-state index contributed by atoms with van der Waals surface area (Å²) in [5.74, 6) is 0.131. The van der Waals surface area contributed by atoms with E-state index in [4.69, 9.17) is 26.1 Å². The molecule has 6 heterocycles. The van der Waals surface area contributed by atoms with Gasteiger partial charge < -0.3 is 19.2 Å². The van der Waals surface area contributed by atoms with Gasteiger partial charge in [0.15, 0.2) is 5.65 Å². The van der Waals surface area contributed by atoms with Crippen molar-refractivity contribution in [1.29, 1.82) is 0 Å². The summed E-state index contributed by atoms with van der Waals surface area (Å²) >= 11 is 6.02. The monoisotopic (exact) mass is 466 g/mol. The SMILES string of the molecule is CC(C)Oc1cc2nc(C34COC(C)(C3)C4)cn2cc1C(=O)Nc1cnn2ccc(Cl)nc12. The van der Waals surface area contributed by atoms with Crippen molar-refractivity contribution in [1.82, 2.24) is 24.0 Å². The van der Waals surface area contributed by atoms with Crippen LogP contribution in [-0.4, -0.2) is 48.2 Å². The Bertz CT molecular complexity index is 1420. The highest BCUT2D eigenvalue weighted by Crippen LogP contribution is 2.58. The number of amides is 1. The lowest BCUT2D eigenvalue weighted by Gasteiger charge is -2.41. The molecule has 7 rings (SSSR count). The third kappa shape index (κ3) is 3.26. The number of nitrogens with one attached hydrogen (secondary N) is 1. The molecule has 2 saturated heterocycles. The Kier molecular flexibility index (Phi) is 4.28. The summed E-state index contributed by atoms with van der Waals surface area (Å²) in [6, 6.07) is 3.44. The molecular weight excluding hydrogens is 444 g/mol. The van der Waals surface area contributed by atoms with Gasteiger partial charge in [0.25, 0.3) is 5.91 Å². The molecule has 3 fully saturated rings. The zero-order valence-electron chi connectivity index (χ0n) is 18.5. The lowest BCUT2D eigenvalue weighted by atomic mass is 9.62. The van der Waals surface area contributed by atoms with Crippen LogP contribution in [0.2, 0.25) is 5.15 Å². The largest absolute Gasteiger partial charge is 0.490 e. The van der Waals surface area contributed by atoms with E-state index in [1.165, 1.54) is 0 Å². The van der Waals surface area contributed by atoms with E-state index in [-0.39, 0.29) is 23.0 Å². The van der Waals surface area contributed by atoms with E-state index >= 15 is 0 Å². The molecule has 1 saturated carbocycles. The van der Waals surface area contributed by atoms with Gasteiger partial charge in [0.2, 0.25) is 0 Å². The number of ether oxygens (including phenoxy) is 2. The van der Waals surface area contributed by atoms with Gasteiger partial charge in [-0.2, -0.15) is 5.10 Å². The Morgan fingerprint density at radius 2 is 2.12 bits per heavy atom. The highest BCUT2D eigenvalue weighted by molar-refractivity contribution is 6.29. The van der Waals surface area contributed by atoms with Crippen molar-refractivity contribution < 1.29 is 14.3 Å². The molecule has 0 atom stereocenters. The molecule has 0 radical (unpaired) electrons. The van der Waals surface area contributed by atoms with Crippen molar-refractivity contribution >= 4 is 34.5 Å². The number of rotatable bonds is 5. The van der Waals surface area contributed by atoms with Gasteiger partial charge in [-0.05, 0) is 39.7 Å². The topological polar surface area (TPSA) is 95.0 Å². The number of hydrogen-bond donors (Lipinski definition) is 1. The van der Waals surface area contributed by atoms with Crippen molar-refractivity contribution in [3.8, 4) is 5.75 Å². The molecule has 10 heteroatoms. The lowest BCUT2D eigenvalue weighted by molar-refractivity contribution is 0.0154. The number of nitrogens with zero attached hydrogens (tertiary/aromatic N) is 5. The Morgan fingerprint density at radius 1 is 1.30 bits per heavy atom. The average molecular weight is 467 g/mol. The van der Waals surface area contributed by atoms with Crippen molar-refractivity contribution in [3.05, 3.63) is 53.3 Å². The van der Waals surface area contributed by atoms with E-state index in [2.05, 4.69) is 22.3 Å². The number of halogens is 1. The molecule has 170 valence electrons. The molecule has 0 aromatic carbocycles. The molecule has 2 aliphatic heterocycles. The van der Waals surface area contributed by atoms with Gasteiger partial charge in [0, 0.05) is 30.1 Å². The Hall–Kier alpha value is -3.17. The number of carbonyl (C=O) groups excluding carboxylic acids is 1. The molecule has 9 nitrogen and oxygen atoms in total. The van der Waals surface area contributed by atoms with Crippen molar-refractivity contribution in [3.63, 3.8) is 0 Å². The van der Waals surface area contributed by atoms with E-state index in [9.17, 15) is 4.79 Å². The highest BCUT2D eigenvalue weighted by atomic mass is 35.5. The minimum Gasteiger partial charge on any atom is -0.490 e. The molecule has 3 aliphatic rings. The Morgan fingerprint density at radius 3 is 2.85 bits per heavy atom. The first-order valence-electron chi connectivity index (χ1n) is 10.9. The third-order valence-corrected chi connectivity index (χ3v) is 6.62. The van der Waals surface area contributed by atoms with Crippen LogP contribution < -0.4 is 10.1 Å². The Labute approximate surface area is 194 Å². The van der Waals surface area contributed by atoms with Crippen LogP contribution in [0.3, 0.4) is 0 Å². The summed E-state index contributed by atoms with van der Waals surface area (Å²) in [4.78, 5) is 22.4. The van der Waals surface area contributed by atoms with E-state index < -0.39 is 0 Å². The van der Waals surface area contributed by atoms with Gasteiger partial charge in [0.05, 0.1) is 35.8 Å². The fourth-order valence-corrected chi connectivity index (χ4v) is 5.21. The smallest absolute Gasteiger partial charge is 0.261 e. The Balaban J connectivity index is 1.38. The van der Waals surface area contributed by atoms with Crippen molar-refractivity contribution in [2.45, 2.75) is 50.7 Å². The molecule has 4 aromatic rings. The van der Waals surface area contributed by atoms with E-state index in [1.807, 2.05) is 30.5 Å². The van der Waals surface area contributed by atoms with Gasteiger partial charge in [-0.25, -0.2) is 14.5 Å². The van der Waals surface area contributed by atoms with Crippen molar-refractivity contribution in [2.24, 2.45) is 0 Å². The summed E-state index contributed by atoms with van der Waals surface area (Å²) in [7, 11) is 0. The molecule has 1 N–H and O–H groups in total. The molecule has 1 amide bonds. The maximum absolute atomic E-state index is 13.3. The number of carbonyl (C=O) groups is 1. The van der Waals surface area contributed by atoms with Crippen LogP contribution in [-0.2, 0) is 10.2 Å². The molecule has 0 unspecified atom stereocenters. The summed E-state index contributed by atoms with van der Waals surface area (Å²) < 4.78 is 15.4. The first kappa shape index (κ1) is 20.4. The maximum Gasteiger partial charge on any atom is 0.261 e. The fourth-order valence-electron chi connectivity index (χ4n) is 5.07. The normalized spacial score (nSPS) is 23.9. The molecule has 0 spiro atoms. The summed E-state index contributed by atoms with van der Waals surface area (Å²) in [5.41, 5.74) is 2.97. The van der Waals surface area contributed by atoms with Crippen LogP contribution in [0, 0.1) is 0 Å². The lowest BCUT2D eigenvalue weighted by Crippen LogP contribution is -2.45. The van der Waals surface area contributed by atoms with E-state index in [1.54, 1.807) is 29.2 Å². The summed E-state index contributed by atoms with van der Waals surface area (Å²) in [5, 5.41) is 7.42. The second kappa shape index (κ2) is 6.91. The van der Waals surface area contributed by atoms with Crippen LogP contribution >= 0.6 is 11.6 Å². The van der Waals surface area contributed by atoms with Crippen LogP contribution in [0.25, 0.3) is 11.3 Å². The molecular formula is C23H23ClN6O3. The van der Waals surface area contributed by atoms with Gasteiger partial charge in [-0.15, -0.1) is 0 Å². The third-order valence-electron chi connectivity index (χ3n) is 6.41. The molecule has 2 bridgehead atoms. The quantitative estimate of drug-likeness (QED) is 0.448. The highest BCUT2D eigenvalue weighted by Gasteiger charge is 2.61. The molecule has 33 heavy (non-hydrogen) atoms. The maximum atomic E-state index is 13.3.